The Morgan fingerprint density at radius 2 is 2.07 bits per heavy atom. The van der Waals surface area contributed by atoms with Crippen LogP contribution < -0.4 is 4.74 Å². The first-order valence-corrected chi connectivity index (χ1v) is 9.50. The molecule has 5 rings (SSSR count). The Kier molecular flexibility index (Phi) is 3.98. The lowest BCUT2D eigenvalue weighted by Crippen LogP contribution is -2.10. The van der Waals surface area contributed by atoms with Crippen LogP contribution in [0.5, 0.6) is 5.75 Å². The summed E-state index contributed by atoms with van der Waals surface area (Å²) in [5, 5.41) is 12.0. The molecule has 4 nitrogen and oxygen atoms in total. The number of benzene rings is 3. The van der Waals surface area contributed by atoms with Crippen LogP contribution in [0.15, 0.2) is 48.7 Å². The van der Waals surface area contributed by atoms with Gasteiger partial charge >= 0.3 is 5.97 Å². The normalized spacial score (nSPS) is 12.9. The number of aryl methyl sites for hydroxylation is 1. The standard InChI is InChI=1S/C24H18FNO3/c1-13-10-15-2-3-16(25)11-19(15)23(18(13)12-21(27)28)17-4-5-20-22-14(7-9-29-20)6-8-26-24(17)22/h2-6,8,10-11H,7,9,12H2,1H3,(H,27,28). The summed E-state index contributed by atoms with van der Waals surface area (Å²) in [6.45, 7) is 2.51. The number of nitrogens with zero attached hydrogens (tertiary/aromatic N) is 1. The topological polar surface area (TPSA) is 59.4 Å². The van der Waals surface area contributed by atoms with Crippen LogP contribution in [0.1, 0.15) is 16.7 Å². The van der Waals surface area contributed by atoms with Crippen molar-refractivity contribution in [3.63, 3.8) is 0 Å². The van der Waals surface area contributed by atoms with Gasteiger partial charge in [0.25, 0.3) is 0 Å². The molecule has 1 aromatic heterocycles. The minimum atomic E-state index is -0.927. The number of hydrogen-bond donors (Lipinski definition) is 1. The number of hydrogen-bond acceptors (Lipinski definition) is 3. The summed E-state index contributed by atoms with van der Waals surface area (Å²) in [6, 6.07) is 12.3. The van der Waals surface area contributed by atoms with E-state index in [1.165, 1.54) is 12.1 Å². The van der Waals surface area contributed by atoms with Crippen LogP contribution in [-0.4, -0.2) is 22.7 Å². The van der Waals surface area contributed by atoms with Crippen molar-refractivity contribution in [3.8, 4) is 16.9 Å². The second-order valence-corrected chi connectivity index (χ2v) is 7.39. The minimum Gasteiger partial charge on any atom is -0.493 e. The lowest BCUT2D eigenvalue weighted by molar-refractivity contribution is -0.136. The largest absolute Gasteiger partial charge is 0.493 e. The van der Waals surface area contributed by atoms with E-state index in [0.717, 1.165) is 50.7 Å². The molecule has 4 aromatic rings. The number of carboxylic acid groups (broad SMARTS) is 1. The lowest BCUT2D eigenvalue weighted by Gasteiger charge is -2.21. The molecule has 1 N–H and O–H groups in total. The van der Waals surface area contributed by atoms with Gasteiger partial charge in [-0.1, -0.05) is 12.1 Å². The number of carbonyl (C=O) groups is 1. The molecular formula is C24H18FNO3. The number of aliphatic carboxylic acids is 1. The fourth-order valence-corrected chi connectivity index (χ4v) is 4.34. The molecule has 0 saturated carbocycles. The fourth-order valence-electron chi connectivity index (χ4n) is 4.34. The Hall–Kier alpha value is -3.47. The second kappa shape index (κ2) is 6.55. The van der Waals surface area contributed by atoms with E-state index in [1.807, 2.05) is 31.2 Å². The average Bonchev–Trinajstić information content (AvgIpc) is 2.70. The number of pyridine rings is 1. The van der Waals surface area contributed by atoms with E-state index in [0.29, 0.717) is 17.6 Å². The van der Waals surface area contributed by atoms with Crippen molar-refractivity contribution >= 4 is 27.6 Å². The number of fused-ring (bicyclic) bond motifs is 1. The zero-order valence-corrected chi connectivity index (χ0v) is 15.8. The van der Waals surface area contributed by atoms with Crippen LogP contribution in [0.3, 0.4) is 0 Å². The van der Waals surface area contributed by atoms with Gasteiger partial charge in [0.15, 0.2) is 0 Å². The van der Waals surface area contributed by atoms with Gasteiger partial charge in [-0.05, 0) is 70.3 Å². The molecular weight excluding hydrogens is 369 g/mol. The Labute approximate surface area is 166 Å². The summed E-state index contributed by atoms with van der Waals surface area (Å²) in [5.74, 6) is -0.506. The highest BCUT2D eigenvalue weighted by atomic mass is 19.1. The van der Waals surface area contributed by atoms with Gasteiger partial charge < -0.3 is 9.84 Å². The molecule has 5 heteroatoms. The van der Waals surface area contributed by atoms with Crippen molar-refractivity contribution in [1.29, 1.82) is 0 Å². The Balaban J connectivity index is 1.94. The van der Waals surface area contributed by atoms with Crippen LogP contribution in [-0.2, 0) is 17.6 Å². The monoisotopic (exact) mass is 387 g/mol. The summed E-state index contributed by atoms with van der Waals surface area (Å²) in [6.07, 6.45) is 2.42. The smallest absolute Gasteiger partial charge is 0.307 e. The van der Waals surface area contributed by atoms with Crippen molar-refractivity contribution in [1.82, 2.24) is 4.98 Å². The van der Waals surface area contributed by atoms with Crippen LogP contribution in [0.4, 0.5) is 4.39 Å². The first-order valence-electron chi connectivity index (χ1n) is 9.50. The number of carboxylic acids is 1. The van der Waals surface area contributed by atoms with Crippen molar-refractivity contribution in [3.05, 3.63) is 71.2 Å². The number of aromatic nitrogens is 1. The highest BCUT2D eigenvalue weighted by molar-refractivity contribution is 6.08. The number of rotatable bonds is 3. The van der Waals surface area contributed by atoms with E-state index in [2.05, 4.69) is 4.98 Å². The van der Waals surface area contributed by atoms with Gasteiger partial charge in [-0.2, -0.15) is 0 Å². The molecule has 0 saturated heterocycles. The molecule has 1 aliphatic rings. The zero-order valence-electron chi connectivity index (χ0n) is 15.8. The average molecular weight is 387 g/mol. The van der Waals surface area contributed by atoms with Gasteiger partial charge in [0.05, 0.1) is 18.5 Å². The number of halogens is 1. The molecule has 0 radical (unpaired) electrons. The van der Waals surface area contributed by atoms with Gasteiger partial charge in [-0.3, -0.25) is 9.78 Å². The lowest BCUT2D eigenvalue weighted by atomic mass is 9.86. The van der Waals surface area contributed by atoms with Crippen molar-refractivity contribution in [2.45, 2.75) is 19.8 Å². The van der Waals surface area contributed by atoms with Crippen LogP contribution in [0.25, 0.3) is 32.8 Å². The summed E-state index contributed by atoms with van der Waals surface area (Å²) in [7, 11) is 0. The first kappa shape index (κ1) is 17.6. The Morgan fingerprint density at radius 1 is 1.21 bits per heavy atom. The van der Waals surface area contributed by atoms with E-state index in [9.17, 15) is 14.3 Å². The molecule has 2 heterocycles. The van der Waals surface area contributed by atoms with Crippen molar-refractivity contribution in [2.24, 2.45) is 0 Å². The van der Waals surface area contributed by atoms with Crippen molar-refractivity contribution < 1.29 is 19.0 Å². The quantitative estimate of drug-likeness (QED) is 0.534. The highest BCUT2D eigenvalue weighted by Gasteiger charge is 2.22. The molecule has 29 heavy (non-hydrogen) atoms. The molecule has 0 amide bonds. The van der Waals surface area contributed by atoms with E-state index in [4.69, 9.17) is 4.74 Å². The van der Waals surface area contributed by atoms with E-state index in [1.54, 1.807) is 12.3 Å². The predicted molar refractivity (Wildman–Crippen MR) is 110 cm³/mol. The summed E-state index contributed by atoms with van der Waals surface area (Å²) < 4.78 is 20.0. The summed E-state index contributed by atoms with van der Waals surface area (Å²) in [5.41, 5.74) is 4.96. The molecule has 1 aliphatic heterocycles. The van der Waals surface area contributed by atoms with Gasteiger partial charge in [-0.25, -0.2) is 4.39 Å². The molecule has 144 valence electrons. The van der Waals surface area contributed by atoms with Crippen LogP contribution in [0, 0.1) is 12.7 Å². The predicted octanol–water partition coefficient (Wildman–Crippen LogP) is 5.06. The van der Waals surface area contributed by atoms with Gasteiger partial charge in [0.1, 0.15) is 11.6 Å². The molecule has 3 aromatic carbocycles. The maximum atomic E-state index is 14.2. The molecule has 0 bridgehead atoms. The van der Waals surface area contributed by atoms with Crippen LogP contribution >= 0.6 is 0 Å². The molecule has 0 fully saturated rings. The third kappa shape index (κ3) is 2.81. The highest BCUT2D eigenvalue weighted by Crippen LogP contribution is 2.42. The fraction of sp³-hybridized carbons (Fsp3) is 0.167. The first-order chi connectivity index (χ1) is 14.0. The Morgan fingerprint density at radius 3 is 2.90 bits per heavy atom. The summed E-state index contributed by atoms with van der Waals surface area (Å²) in [4.78, 5) is 16.2. The maximum absolute atomic E-state index is 14.2. The van der Waals surface area contributed by atoms with Gasteiger partial charge in [0, 0.05) is 23.6 Å². The van der Waals surface area contributed by atoms with Crippen molar-refractivity contribution in [2.75, 3.05) is 6.61 Å². The Bertz CT molecular complexity index is 1300. The second-order valence-electron chi connectivity index (χ2n) is 7.39. The summed E-state index contributed by atoms with van der Waals surface area (Å²) >= 11 is 0. The third-order valence-electron chi connectivity index (χ3n) is 5.60. The molecule has 0 spiro atoms. The molecule has 0 aliphatic carbocycles. The van der Waals surface area contributed by atoms with Gasteiger partial charge in [-0.15, -0.1) is 0 Å². The van der Waals surface area contributed by atoms with E-state index < -0.39 is 5.97 Å². The maximum Gasteiger partial charge on any atom is 0.307 e. The van der Waals surface area contributed by atoms with Gasteiger partial charge in [0.2, 0.25) is 0 Å². The molecule has 0 atom stereocenters. The third-order valence-corrected chi connectivity index (χ3v) is 5.60. The minimum absolute atomic E-state index is 0.146. The van der Waals surface area contributed by atoms with Crippen LogP contribution in [0.2, 0.25) is 0 Å². The molecule has 0 unspecified atom stereocenters. The van der Waals surface area contributed by atoms with E-state index in [-0.39, 0.29) is 12.2 Å². The zero-order chi connectivity index (χ0) is 20.1. The number of ether oxygens (including phenoxy) is 1. The SMILES string of the molecule is Cc1cc2ccc(F)cc2c(-c2ccc3c4c(ccnc24)CCO3)c1CC(=O)O. The van der Waals surface area contributed by atoms with E-state index >= 15 is 0 Å².